The van der Waals surface area contributed by atoms with E-state index in [9.17, 15) is 4.39 Å². The zero-order valence-corrected chi connectivity index (χ0v) is 11.3. The molecule has 0 bridgehead atoms. The first-order valence-electron chi connectivity index (χ1n) is 5.80. The van der Waals surface area contributed by atoms with Gasteiger partial charge in [0, 0.05) is 23.0 Å². The molecule has 0 aliphatic heterocycles. The van der Waals surface area contributed by atoms with Gasteiger partial charge < -0.3 is 10.1 Å². The van der Waals surface area contributed by atoms with Crippen LogP contribution in [0.2, 0.25) is 0 Å². The monoisotopic (exact) mass is 265 g/mol. The Bertz CT molecular complexity index is 499. The van der Waals surface area contributed by atoms with Crippen molar-refractivity contribution in [3.63, 3.8) is 0 Å². The molecule has 2 nitrogen and oxygen atoms in total. The summed E-state index contributed by atoms with van der Waals surface area (Å²) in [6.07, 6.45) is 0. The molecule has 1 atom stereocenters. The summed E-state index contributed by atoms with van der Waals surface area (Å²) in [6.45, 7) is 2.78. The fraction of sp³-hybridized carbons (Fsp3) is 0.286. The Morgan fingerprint density at radius 1 is 1.39 bits per heavy atom. The van der Waals surface area contributed by atoms with Crippen molar-refractivity contribution in [2.75, 3.05) is 7.11 Å². The Kier molecular flexibility index (Phi) is 4.33. The summed E-state index contributed by atoms with van der Waals surface area (Å²) in [7, 11) is 1.60. The van der Waals surface area contributed by atoms with Crippen LogP contribution < -0.4 is 10.1 Å². The normalized spacial score (nSPS) is 12.4. The fourth-order valence-electron chi connectivity index (χ4n) is 1.82. The summed E-state index contributed by atoms with van der Waals surface area (Å²) < 4.78 is 18.5. The molecule has 0 amide bonds. The summed E-state index contributed by atoms with van der Waals surface area (Å²) in [5, 5.41) is 5.41. The SMILES string of the molecule is COc1ccc(F)cc1C(C)NCc1cccs1. The molecule has 18 heavy (non-hydrogen) atoms. The lowest BCUT2D eigenvalue weighted by Gasteiger charge is -2.17. The standard InChI is InChI=1S/C14H16FNOS/c1-10(16-9-12-4-3-7-18-12)13-8-11(15)5-6-14(13)17-2/h3-8,10,16H,9H2,1-2H3. The van der Waals surface area contributed by atoms with Gasteiger partial charge in [0.25, 0.3) is 0 Å². The van der Waals surface area contributed by atoms with E-state index in [0.29, 0.717) is 5.75 Å². The highest BCUT2D eigenvalue weighted by atomic mass is 32.1. The van der Waals surface area contributed by atoms with Crippen molar-refractivity contribution in [3.05, 3.63) is 52.0 Å². The molecular formula is C14H16FNOS. The van der Waals surface area contributed by atoms with E-state index in [1.54, 1.807) is 24.5 Å². The van der Waals surface area contributed by atoms with E-state index in [4.69, 9.17) is 4.74 Å². The minimum Gasteiger partial charge on any atom is -0.496 e. The molecule has 0 aliphatic carbocycles. The van der Waals surface area contributed by atoms with Crippen molar-refractivity contribution < 1.29 is 9.13 Å². The molecule has 0 radical (unpaired) electrons. The first kappa shape index (κ1) is 13.1. The minimum atomic E-state index is -0.240. The lowest BCUT2D eigenvalue weighted by molar-refractivity contribution is 0.400. The average molecular weight is 265 g/mol. The van der Waals surface area contributed by atoms with E-state index in [2.05, 4.69) is 11.4 Å². The Hall–Kier alpha value is -1.39. The van der Waals surface area contributed by atoms with Crippen molar-refractivity contribution in [1.82, 2.24) is 5.32 Å². The Labute approximate surface area is 110 Å². The van der Waals surface area contributed by atoms with Gasteiger partial charge in [-0.2, -0.15) is 0 Å². The number of hydrogen-bond donors (Lipinski definition) is 1. The molecule has 0 aliphatic rings. The van der Waals surface area contributed by atoms with E-state index in [1.165, 1.54) is 17.0 Å². The van der Waals surface area contributed by atoms with Gasteiger partial charge in [0.05, 0.1) is 7.11 Å². The van der Waals surface area contributed by atoms with Crippen LogP contribution in [0.4, 0.5) is 4.39 Å². The lowest BCUT2D eigenvalue weighted by Crippen LogP contribution is -2.18. The van der Waals surface area contributed by atoms with Gasteiger partial charge in [0.2, 0.25) is 0 Å². The number of methoxy groups -OCH3 is 1. The van der Waals surface area contributed by atoms with Crippen LogP contribution in [-0.4, -0.2) is 7.11 Å². The third-order valence-corrected chi connectivity index (χ3v) is 3.70. The molecule has 1 aromatic carbocycles. The fourth-order valence-corrected chi connectivity index (χ4v) is 2.48. The van der Waals surface area contributed by atoms with Gasteiger partial charge in [-0.05, 0) is 36.6 Å². The van der Waals surface area contributed by atoms with Crippen molar-refractivity contribution in [1.29, 1.82) is 0 Å². The van der Waals surface area contributed by atoms with Gasteiger partial charge in [0.1, 0.15) is 11.6 Å². The minimum absolute atomic E-state index is 0.0396. The first-order valence-corrected chi connectivity index (χ1v) is 6.68. The van der Waals surface area contributed by atoms with Crippen molar-refractivity contribution in [2.45, 2.75) is 19.5 Å². The molecular weight excluding hydrogens is 249 g/mol. The van der Waals surface area contributed by atoms with Crippen LogP contribution in [0, 0.1) is 5.82 Å². The summed E-state index contributed by atoms with van der Waals surface area (Å²) >= 11 is 1.71. The maximum Gasteiger partial charge on any atom is 0.123 e. The van der Waals surface area contributed by atoms with Crippen molar-refractivity contribution in [2.24, 2.45) is 0 Å². The number of ether oxygens (including phenoxy) is 1. The Balaban J connectivity index is 2.08. The molecule has 1 unspecified atom stereocenters. The third-order valence-electron chi connectivity index (χ3n) is 2.82. The maximum atomic E-state index is 13.3. The first-order chi connectivity index (χ1) is 8.70. The van der Waals surface area contributed by atoms with E-state index in [-0.39, 0.29) is 11.9 Å². The Morgan fingerprint density at radius 3 is 2.89 bits per heavy atom. The van der Waals surface area contributed by atoms with Crippen LogP contribution in [0.15, 0.2) is 35.7 Å². The van der Waals surface area contributed by atoms with Crippen LogP contribution >= 0.6 is 11.3 Å². The van der Waals surface area contributed by atoms with Crippen LogP contribution in [-0.2, 0) is 6.54 Å². The average Bonchev–Trinajstić information content (AvgIpc) is 2.89. The largest absolute Gasteiger partial charge is 0.496 e. The highest BCUT2D eigenvalue weighted by molar-refractivity contribution is 7.09. The zero-order valence-electron chi connectivity index (χ0n) is 10.4. The van der Waals surface area contributed by atoms with Gasteiger partial charge in [0.15, 0.2) is 0 Å². The van der Waals surface area contributed by atoms with Crippen LogP contribution in [0.25, 0.3) is 0 Å². The highest BCUT2D eigenvalue weighted by Crippen LogP contribution is 2.26. The molecule has 2 rings (SSSR count). The lowest BCUT2D eigenvalue weighted by atomic mass is 10.1. The highest BCUT2D eigenvalue weighted by Gasteiger charge is 2.12. The van der Waals surface area contributed by atoms with E-state index < -0.39 is 0 Å². The second-order valence-corrected chi connectivity index (χ2v) is 5.10. The molecule has 1 heterocycles. The second kappa shape index (κ2) is 5.98. The van der Waals surface area contributed by atoms with Crippen LogP contribution in [0.5, 0.6) is 5.75 Å². The van der Waals surface area contributed by atoms with E-state index >= 15 is 0 Å². The Morgan fingerprint density at radius 2 is 2.22 bits per heavy atom. The van der Waals surface area contributed by atoms with E-state index in [0.717, 1.165) is 12.1 Å². The van der Waals surface area contributed by atoms with Gasteiger partial charge in [-0.25, -0.2) is 4.39 Å². The number of halogens is 1. The summed E-state index contributed by atoms with van der Waals surface area (Å²) in [6, 6.07) is 8.73. The molecule has 1 aromatic heterocycles. The molecule has 1 N–H and O–H groups in total. The molecule has 4 heteroatoms. The topological polar surface area (TPSA) is 21.3 Å². The summed E-state index contributed by atoms with van der Waals surface area (Å²) in [5.74, 6) is 0.471. The summed E-state index contributed by atoms with van der Waals surface area (Å²) in [4.78, 5) is 1.26. The maximum absolute atomic E-state index is 13.3. The van der Waals surface area contributed by atoms with Crippen molar-refractivity contribution >= 4 is 11.3 Å². The molecule has 2 aromatic rings. The molecule has 0 saturated carbocycles. The number of hydrogen-bond acceptors (Lipinski definition) is 3. The second-order valence-electron chi connectivity index (χ2n) is 4.07. The van der Waals surface area contributed by atoms with Crippen LogP contribution in [0.3, 0.4) is 0 Å². The summed E-state index contributed by atoms with van der Waals surface area (Å²) in [5.41, 5.74) is 0.842. The van der Waals surface area contributed by atoms with Gasteiger partial charge in [-0.1, -0.05) is 6.07 Å². The van der Waals surface area contributed by atoms with Gasteiger partial charge >= 0.3 is 0 Å². The quantitative estimate of drug-likeness (QED) is 0.889. The third kappa shape index (κ3) is 3.09. The predicted molar refractivity (Wildman–Crippen MR) is 72.5 cm³/mol. The zero-order chi connectivity index (χ0) is 13.0. The predicted octanol–water partition coefficient (Wildman–Crippen LogP) is 3.75. The number of rotatable bonds is 5. The number of nitrogens with one attached hydrogen (secondary N) is 1. The molecule has 0 saturated heterocycles. The smallest absolute Gasteiger partial charge is 0.123 e. The van der Waals surface area contributed by atoms with Gasteiger partial charge in [-0.15, -0.1) is 11.3 Å². The van der Waals surface area contributed by atoms with Gasteiger partial charge in [-0.3, -0.25) is 0 Å². The van der Waals surface area contributed by atoms with Crippen molar-refractivity contribution in [3.8, 4) is 5.75 Å². The molecule has 96 valence electrons. The van der Waals surface area contributed by atoms with Crippen LogP contribution in [0.1, 0.15) is 23.4 Å². The van der Waals surface area contributed by atoms with E-state index in [1.807, 2.05) is 18.4 Å². The molecule has 0 fully saturated rings. The molecule has 0 spiro atoms. The number of benzene rings is 1. The number of thiophene rings is 1.